The zero-order chi connectivity index (χ0) is 14.2. The molecule has 0 saturated carbocycles. The minimum atomic E-state index is -0.686. The van der Waals surface area contributed by atoms with Crippen molar-refractivity contribution >= 4 is 5.97 Å². The minimum absolute atomic E-state index is 0.178. The van der Waals surface area contributed by atoms with Crippen molar-refractivity contribution in [2.45, 2.75) is 77.0 Å². The molecule has 0 aliphatic carbocycles. The summed E-state index contributed by atoms with van der Waals surface area (Å²) in [6, 6.07) is 0. The summed E-state index contributed by atoms with van der Waals surface area (Å²) >= 11 is 0. The average molecular weight is 272 g/mol. The molecule has 0 spiro atoms. The van der Waals surface area contributed by atoms with Crippen molar-refractivity contribution in [1.82, 2.24) is 0 Å². The number of rotatable bonds is 14. The third-order valence-electron chi connectivity index (χ3n) is 3.18. The molecule has 0 heterocycles. The maximum atomic E-state index is 11.8. The van der Waals surface area contributed by atoms with Gasteiger partial charge in [0.1, 0.15) is 0 Å². The summed E-state index contributed by atoms with van der Waals surface area (Å²) in [4.78, 5) is 10.3. The molecule has 2 nitrogen and oxygen atoms in total. The van der Waals surface area contributed by atoms with Gasteiger partial charge in [0.2, 0.25) is 0 Å². The van der Waals surface area contributed by atoms with E-state index < -0.39 is 5.97 Å². The molecule has 0 fully saturated rings. The van der Waals surface area contributed by atoms with Crippen molar-refractivity contribution in [3.63, 3.8) is 0 Å². The smallest absolute Gasteiger partial charge is 0.303 e. The van der Waals surface area contributed by atoms with Gasteiger partial charge >= 0.3 is 5.97 Å². The zero-order valence-corrected chi connectivity index (χ0v) is 12.1. The van der Waals surface area contributed by atoms with Crippen molar-refractivity contribution in [3.8, 4) is 0 Å². The minimum Gasteiger partial charge on any atom is -0.481 e. The highest BCUT2D eigenvalue weighted by Gasteiger charge is 1.95. The van der Waals surface area contributed by atoms with E-state index in [1.165, 1.54) is 19.3 Å². The highest BCUT2D eigenvalue weighted by molar-refractivity contribution is 5.66. The van der Waals surface area contributed by atoms with Crippen LogP contribution >= 0.6 is 0 Å². The van der Waals surface area contributed by atoms with E-state index in [1.54, 1.807) is 0 Å². The Morgan fingerprint density at radius 3 is 1.79 bits per heavy atom. The Hall–Kier alpha value is -0.860. The van der Waals surface area contributed by atoms with Gasteiger partial charge in [-0.3, -0.25) is 9.18 Å². The Balaban J connectivity index is 3.06. The quantitative estimate of drug-likeness (QED) is 0.345. The molecule has 0 atom stereocenters. The first-order chi connectivity index (χ1) is 9.27. The Morgan fingerprint density at radius 2 is 1.26 bits per heavy atom. The Kier molecular flexibility index (Phi) is 14.5. The first-order valence-corrected chi connectivity index (χ1v) is 7.70. The van der Waals surface area contributed by atoms with Crippen LogP contribution < -0.4 is 0 Å². The summed E-state index contributed by atoms with van der Waals surface area (Å²) in [7, 11) is 0. The van der Waals surface area contributed by atoms with Gasteiger partial charge in [0, 0.05) is 6.42 Å². The van der Waals surface area contributed by atoms with E-state index >= 15 is 0 Å². The van der Waals surface area contributed by atoms with E-state index in [0.29, 0.717) is 12.8 Å². The normalized spacial score (nSPS) is 11.2. The van der Waals surface area contributed by atoms with Crippen LogP contribution in [-0.4, -0.2) is 17.8 Å². The van der Waals surface area contributed by atoms with Crippen molar-refractivity contribution in [3.05, 3.63) is 12.2 Å². The van der Waals surface area contributed by atoms with Crippen LogP contribution in [-0.2, 0) is 4.79 Å². The zero-order valence-electron chi connectivity index (χ0n) is 12.1. The van der Waals surface area contributed by atoms with Crippen LogP contribution in [0.3, 0.4) is 0 Å². The number of hydrogen-bond donors (Lipinski definition) is 1. The summed E-state index contributed by atoms with van der Waals surface area (Å²) in [5.74, 6) is -0.686. The topological polar surface area (TPSA) is 37.3 Å². The second kappa shape index (κ2) is 15.2. The molecule has 0 radical (unpaired) electrons. The summed E-state index contributed by atoms with van der Waals surface area (Å²) in [5, 5.41) is 8.48. The van der Waals surface area contributed by atoms with Gasteiger partial charge in [-0.25, -0.2) is 0 Å². The number of allylic oxidation sites excluding steroid dienone is 2. The summed E-state index contributed by atoms with van der Waals surface area (Å²) in [5.41, 5.74) is 0. The lowest BCUT2D eigenvalue weighted by molar-refractivity contribution is -0.137. The maximum Gasteiger partial charge on any atom is 0.303 e. The molecule has 112 valence electrons. The van der Waals surface area contributed by atoms with E-state index in [0.717, 1.165) is 44.9 Å². The van der Waals surface area contributed by atoms with Crippen molar-refractivity contribution in [2.75, 3.05) is 6.67 Å². The van der Waals surface area contributed by atoms with Crippen LogP contribution in [0.5, 0.6) is 0 Å². The second-order valence-corrected chi connectivity index (χ2v) is 5.06. The van der Waals surface area contributed by atoms with Crippen LogP contribution in [0, 0.1) is 0 Å². The van der Waals surface area contributed by atoms with Crippen molar-refractivity contribution in [2.24, 2.45) is 0 Å². The molecule has 0 aliphatic rings. The molecular formula is C16H29FO2. The van der Waals surface area contributed by atoms with Gasteiger partial charge in [0.25, 0.3) is 0 Å². The largest absolute Gasteiger partial charge is 0.481 e. The van der Waals surface area contributed by atoms with Gasteiger partial charge < -0.3 is 5.11 Å². The Bertz CT molecular complexity index is 227. The number of alkyl halides is 1. The predicted octanol–water partition coefficient (Wildman–Crippen LogP) is 5.28. The molecule has 0 aromatic heterocycles. The molecule has 1 N–H and O–H groups in total. The Morgan fingerprint density at radius 1 is 0.789 bits per heavy atom. The number of halogens is 1. The molecule has 0 amide bonds. The molecule has 0 rings (SSSR count). The molecule has 19 heavy (non-hydrogen) atoms. The monoisotopic (exact) mass is 272 g/mol. The SMILES string of the molecule is O=C(O)CCCCCCC/C=C\CCCCCCF. The van der Waals surface area contributed by atoms with Crippen molar-refractivity contribution < 1.29 is 14.3 Å². The number of hydrogen-bond acceptors (Lipinski definition) is 1. The summed E-state index contributed by atoms with van der Waals surface area (Å²) in [6.45, 7) is -0.178. The van der Waals surface area contributed by atoms with E-state index in [1.807, 2.05) is 0 Å². The first kappa shape index (κ1) is 18.1. The second-order valence-electron chi connectivity index (χ2n) is 5.06. The average Bonchev–Trinajstić information content (AvgIpc) is 2.39. The third kappa shape index (κ3) is 17.1. The van der Waals surface area contributed by atoms with Crippen molar-refractivity contribution in [1.29, 1.82) is 0 Å². The van der Waals surface area contributed by atoms with E-state index in [4.69, 9.17) is 5.11 Å². The molecule has 0 aromatic carbocycles. The van der Waals surface area contributed by atoms with Gasteiger partial charge in [-0.2, -0.15) is 0 Å². The number of carboxylic acid groups (broad SMARTS) is 1. The van der Waals surface area contributed by atoms with Crippen LogP contribution in [0.25, 0.3) is 0 Å². The molecule has 0 unspecified atom stereocenters. The van der Waals surface area contributed by atoms with E-state index in [9.17, 15) is 9.18 Å². The summed E-state index contributed by atoms with van der Waals surface area (Å²) < 4.78 is 11.8. The molecule has 0 aliphatic heterocycles. The molecule has 3 heteroatoms. The van der Waals surface area contributed by atoms with E-state index in [2.05, 4.69) is 12.2 Å². The number of aliphatic carboxylic acids is 1. The predicted molar refractivity (Wildman–Crippen MR) is 78.2 cm³/mol. The van der Waals surface area contributed by atoms with Gasteiger partial charge in [0.05, 0.1) is 6.67 Å². The van der Waals surface area contributed by atoms with Gasteiger partial charge in [-0.05, 0) is 38.5 Å². The van der Waals surface area contributed by atoms with Gasteiger partial charge in [-0.1, -0.05) is 44.3 Å². The first-order valence-electron chi connectivity index (χ1n) is 7.70. The fourth-order valence-electron chi connectivity index (χ4n) is 2.01. The highest BCUT2D eigenvalue weighted by Crippen LogP contribution is 2.08. The van der Waals surface area contributed by atoms with Crippen LogP contribution in [0.15, 0.2) is 12.2 Å². The molecule has 0 bridgehead atoms. The maximum absolute atomic E-state index is 11.8. The lowest BCUT2D eigenvalue weighted by Crippen LogP contribution is -1.93. The standard InChI is InChI=1S/C16H29FO2/c17-15-13-11-9-7-5-3-1-2-4-6-8-10-12-14-16(18)19/h1,3H,2,4-15H2,(H,18,19)/b3-1-. The molecule has 0 aromatic rings. The number of unbranched alkanes of at least 4 members (excludes halogenated alkanes) is 9. The van der Waals surface area contributed by atoms with E-state index in [-0.39, 0.29) is 6.67 Å². The van der Waals surface area contributed by atoms with Crippen LogP contribution in [0.4, 0.5) is 4.39 Å². The fraction of sp³-hybridized carbons (Fsp3) is 0.812. The fourth-order valence-corrected chi connectivity index (χ4v) is 2.01. The number of carbonyl (C=O) groups is 1. The Labute approximate surface area is 117 Å². The molecule has 0 saturated heterocycles. The van der Waals surface area contributed by atoms with Crippen LogP contribution in [0.2, 0.25) is 0 Å². The van der Waals surface area contributed by atoms with Crippen LogP contribution in [0.1, 0.15) is 77.0 Å². The highest BCUT2D eigenvalue weighted by atomic mass is 19.1. The summed E-state index contributed by atoms with van der Waals surface area (Å²) in [6.07, 6.45) is 16.4. The van der Waals surface area contributed by atoms with Gasteiger partial charge in [-0.15, -0.1) is 0 Å². The molecular weight excluding hydrogens is 243 g/mol. The third-order valence-corrected chi connectivity index (χ3v) is 3.18. The van der Waals surface area contributed by atoms with Gasteiger partial charge in [0.15, 0.2) is 0 Å². The number of carboxylic acids is 1. The lowest BCUT2D eigenvalue weighted by atomic mass is 10.1. The lowest BCUT2D eigenvalue weighted by Gasteiger charge is -1.98.